The van der Waals surface area contributed by atoms with Crippen molar-refractivity contribution < 1.29 is 5.11 Å². The van der Waals surface area contributed by atoms with Crippen molar-refractivity contribution in [3.05, 3.63) is 22.2 Å². The van der Waals surface area contributed by atoms with Gasteiger partial charge >= 0.3 is 0 Å². The lowest BCUT2D eigenvalue weighted by Crippen LogP contribution is -2.26. The van der Waals surface area contributed by atoms with Gasteiger partial charge in [0.15, 0.2) is 5.96 Å². The maximum absolute atomic E-state index is 9.24. The lowest BCUT2D eigenvalue weighted by molar-refractivity contribution is 0.475. The van der Waals surface area contributed by atoms with Crippen LogP contribution in [0.1, 0.15) is 0 Å². The van der Waals surface area contributed by atoms with Gasteiger partial charge in [-0.15, -0.1) is 17.0 Å². The topological polar surface area (TPSA) is 56.6 Å². The molecule has 3 N–H and O–H groups in total. The number of hydrogen-bond acceptors (Lipinski definition) is 4. The standard InChI is InChI=1S/C9H9Cl2N3O.BrH/c10-6-3-5(15)4-7(11)8(6)14-9-12-1-2-13-9;/h3-4,15H,1-2H2,(H2,12,13,14);1H. The number of nitrogens with one attached hydrogen (secondary N) is 2. The molecule has 0 spiro atoms. The molecule has 1 aromatic rings. The number of aliphatic imine (C=N–C) groups is 1. The highest BCUT2D eigenvalue weighted by molar-refractivity contribution is 8.93. The molecule has 0 radical (unpaired) electrons. The Hall–Kier alpha value is -0.650. The Morgan fingerprint density at radius 2 is 1.94 bits per heavy atom. The third-order valence-corrected chi connectivity index (χ3v) is 2.54. The first-order valence-corrected chi connectivity index (χ1v) is 5.16. The number of aromatic hydroxyl groups is 1. The Bertz CT molecular complexity index is 402. The van der Waals surface area contributed by atoms with Crippen molar-refractivity contribution in [1.29, 1.82) is 0 Å². The SMILES string of the molecule is Br.Oc1cc(Cl)c(NC2=NCCN2)c(Cl)c1. The molecule has 0 saturated heterocycles. The highest BCUT2D eigenvalue weighted by atomic mass is 79.9. The van der Waals surface area contributed by atoms with Gasteiger partial charge in [-0.3, -0.25) is 4.99 Å². The Kier molecular flexibility index (Phi) is 4.70. The quantitative estimate of drug-likeness (QED) is 0.695. The van der Waals surface area contributed by atoms with Crippen LogP contribution < -0.4 is 10.6 Å². The fourth-order valence-corrected chi connectivity index (χ4v) is 1.85. The van der Waals surface area contributed by atoms with Gasteiger partial charge in [-0.1, -0.05) is 23.2 Å². The molecule has 1 aromatic carbocycles. The number of phenols is 1. The summed E-state index contributed by atoms with van der Waals surface area (Å²) in [7, 11) is 0. The molecule has 0 bridgehead atoms. The van der Waals surface area contributed by atoms with Crippen LogP contribution in [0.4, 0.5) is 5.69 Å². The largest absolute Gasteiger partial charge is 0.508 e. The molecule has 16 heavy (non-hydrogen) atoms. The molecule has 0 saturated carbocycles. The lowest BCUT2D eigenvalue weighted by Gasteiger charge is -2.10. The van der Waals surface area contributed by atoms with E-state index >= 15 is 0 Å². The molecule has 1 aliphatic heterocycles. The molecule has 0 aromatic heterocycles. The highest BCUT2D eigenvalue weighted by Gasteiger charge is 2.11. The van der Waals surface area contributed by atoms with Crippen molar-refractivity contribution in [2.24, 2.45) is 4.99 Å². The first-order chi connectivity index (χ1) is 7.16. The first-order valence-electron chi connectivity index (χ1n) is 4.40. The van der Waals surface area contributed by atoms with Gasteiger partial charge in [0.25, 0.3) is 0 Å². The molecular weight excluding hydrogens is 317 g/mol. The van der Waals surface area contributed by atoms with Crippen LogP contribution in [-0.2, 0) is 0 Å². The average molecular weight is 327 g/mol. The third-order valence-electron chi connectivity index (χ3n) is 1.94. The molecule has 0 aliphatic carbocycles. The molecule has 4 nitrogen and oxygen atoms in total. The van der Waals surface area contributed by atoms with Crippen LogP contribution in [0.15, 0.2) is 17.1 Å². The van der Waals surface area contributed by atoms with Gasteiger partial charge in [-0.25, -0.2) is 0 Å². The molecule has 2 rings (SSSR count). The second-order valence-electron chi connectivity index (χ2n) is 3.07. The maximum Gasteiger partial charge on any atom is 0.196 e. The fourth-order valence-electron chi connectivity index (χ4n) is 1.28. The minimum Gasteiger partial charge on any atom is -0.508 e. The zero-order valence-electron chi connectivity index (χ0n) is 8.13. The van der Waals surface area contributed by atoms with Crippen LogP contribution in [0, 0.1) is 0 Å². The van der Waals surface area contributed by atoms with Crippen LogP contribution in [0.5, 0.6) is 5.75 Å². The second kappa shape index (κ2) is 5.61. The summed E-state index contributed by atoms with van der Waals surface area (Å²) in [4.78, 5) is 4.15. The molecule has 1 aliphatic rings. The summed E-state index contributed by atoms with van der Waals surface area (Å²) in [5.74, 6) is 0.682. The van der Waals surface area contributed by atoms with E-state index in [-0.39, 0.29) is 22.7 Å². The summed E-state index contributed by atoms with van der Waals surface area (Å²) in [6, 6.07) is 2.84. The zero-order chi connectivity index (χ0) is 10.8. The Morgan fingerprint density at radius 3 is 2.44 bits per heavy atom. The van der Waals surface area contributed by atoms with E-state index in [1.807, 2.05) is 0 Å². The van der Waals surface area contributed by atoms with Crippen LogP contribution >= 0.6 is 40.2 Å². The monoisotopic (exact) mass is 325 g/mol. The number of nitrogens with zero attached hydrogens (tertiary/aromatic N) is 1. The van der Waals surface area contributed by atoms with Gasteiger partial charge < -0.3 is 15.7 Å². The van der Waals surface area contributed by atoms with E-state index in [2.05, 4.69) is 15.6 Å². The second-order valence-corrected chi connectivity index (χ2v) is 3.88. The Morgan fingerprint density at radius 1 is 1.31 bits per heavy atom. The molecule has 7 heteroatoms. The van der Waals surface area contributed by atoms with Gasteiger partial charge in [0, 0.05) is 18.7 Å². The van der Waals surface area contributed by atoms with Gasteiger partial charge in [-0.05, 0) is 0 Å². The summed E-state index contributed by atoms with van der Waals surface area (Å²) < 4.78 is 0. The smallest absolute Gasteiger partial charge is 0.196 e. The van der Waals surface area contributed by atoms with Crippen molar-refractivity contribution in [3.8, 4) is 5.75 Å². The van der Waals surface area contributed by atoms with E-state index in [1.165, 1.54) is 12.1 Å². The number of phenolic OH excluding ortho intramolecular Hbond substituents is 1. The van der Waals surface area contributed by atoms with Crippen LogP contribution in [0.25, 0.3) is 0 Å². The first kappa shape index (κ1) is 13.4. The van der Waals surface area contributed by atoms with Crippen molar-refractivity contribution in [2.75, 3.05) is 18.4 Å². The number of rotatable bonds is 1. The minimum absolute atomic E-state index is 0. The average Bonchev–Trinajstić information content (AvgIpc) is 2.63. The van der Waals surface area contributed by atoms with Crippen LogP contribution in [0.2, 0.25) is 10.0 Å². The predicted octanol–water partition coefficient (Wildman–Crippen LogP) is 2.65. The van der Waals surface area contributed by atoms with Crippen LogP contribution in [0.3, 0.4) is 0 Å². The van der Waals surface area contributed by atoms with E-state index in [4.69, 9.17) is 23.2 Å². The Labute approximate surface area is 113 Å². The van der Waals surface area contributed by atoms with Crippen molar-refractivity contribution >= 4 is 51.8 Å². The summed E-state index contributed by atoms with van der Waals surface area (Å²) >= 11 is 11.8. The van der Waals surface area contributed by atoms with E-state index in [9.17, 15) is 5.11 Å². The number of benzene rings is 1. The summed E-state index contributed by atoms with van der Waals surface area (Å²) in [5, 5.41) is 16.0. The zero-order valence-corrected chi connectivity index (χ0v) is 11.4. The lowest BCUT2D eigenvalue weighted by atomic mass is 10.3. The van der Waals surface area contributed by atoms with Gasteiger partial charge in [0.05, 0.1) is 22.3 Å². The summed E-state index contributed by atoms with van der Waals surface area (Å²) in [6.45, 7) is 1.53. The van der Waals surface area contributed by atoms with E-state index in [0.29, 0.717) is 21.7 Å². The van der Waals surface area contributed by atoms with Crippen LogP contribution in [-0.4, -0.2) is 24.2 Å². The molecule has 0 unspecified atom stereocenters. The van der Waals surface area contributed by atoms with Crippen molar-refractivity contribution in [3.63, 3.8) is 0 Å². The molecule has 0 amide bonds. The van der Waals surface area contributed by atoms with E-state index < -0.39 is 0 Å². The maximum atomic E-state index is 9.24. The number of halogens is 3. The molecule has 0 fully saturated rings. The van der Waals surface area contributed by atoms with Crippen molar-refractivity contribution in [2.45, 2.75) is 0 Å². The van der Waals surface area contributed by atoms with Gasteiger partial charge in [-0.2, -0.15) is 0 Å². The van der Waals surface area contributed by atoms with Crippen molar-refractivity contribution in [1.82, 2.24) is 5.32 Å². The van der Waals surface area contributed by atoms with E-state index in [1.54, 1.807) is 0 Å². The predicted molar refractivity (Wildman–Crippen MR) is 72.4 cm³/mol. The minimum atomic E-state index is 0. The molecular formula is C9H10BrCl2N3O. The number of anilines is 1. The number of hydrogen-bond donors (Lipinski definition) is 3. The third kappa shape index (κ3) is 2.93. The fraction of sp³-hybridized carbons (Fsp3) is 0.222. The molecule has 1 heterocycles. The molecule has 0 atom stereocenters. The van der Waals surface area contributed by atoms with Gasteiger partial charge in [0.1, 0.15) is 5.75 Å². The van der Waals surface area contributed by atoms with Gasteiger partial charge in [0.2, 0.25) is 0 Å². The normalized spacial score (nSPS) is 13.8. The summed E-state index contributed by atoms with van der Waals surface area (Å²) in [6.07, 6.45) is 0. The summed E-state index contributed by atoms with van der Waals surface area (Å²) in [5.41, 5.74) is 0.546. The number of guanidine groups is 1. The van der Waals surface area contributed by atoms with E-state index in [0.717, 1.165) is 13.1 Å². The molecule has 88 valence electrons. The Balaban J connectivity index is 0.00000128. The highest BCUT2D eigenvalue weighted by Crippen LogP contribution is 2.34.